The zero-order valence-corrected chi connectivity index (χ0v) is 31.7. The van der Waals surface area contributed by atoms with E-state index in [1.165, 1.54) is 99.1 Å². The second kappa shape index (κ2) is 11.5. The molecule has 1 N–H and O–H groups in total. The average molecular weight is 704 g/mol. The highest BCUT2D eigenvalue weighted by molar-refractivity contribution is 6.28. The van der Waals surface area contributed by atoms with Gasteiger partial charge in [-0.05, 0) is 142 Å². The van der Waals surface area contributed by atoms with E-state index in [1.54, 1.807) is 0 Å². The van der Waals surface area contributed by atoms with Crippen molar-refractivity contribution in [1.29, 1.82) is 0 Å². The van der Waals surface area contributed by atoms with E-state index < -0.39 is 0 Å². The monoisotopic (exact) mass is 703 g/mol. The van der Waals surface area contributed by atoms with Crippen LogP contribution in [0.15, 0.2) is 170 Å². The molecule has 0 aromatic heterocycles. The lowest BCUT2D eigenvalue weighted by Crippen LogP contribution is -2.17. The van der Waals surface area contributed by atoms with Crippen molar-refractivity contribution in [2.24, 2.45) is 0 Å². The number of hydrogen-bond donors (Lipinski definition) is 1. The first-order valence-electron chi connectivity index (χ1n) is 19.5. The third kappa shape index (κ3) is 4.60. The van der Waals surface area contributed by atoms with E-state index >= 15 is 0 Å². The maximum Gasteiger partial charge on any atom is 0.0390 e. The van der Waals surface area contributed by atoms with Gasteiger partial charge in [0.2, 0.25) is 0 Å². The minimum absolute atomic E-state index is 0.167. The zero-order valence-electron chi connectivity index (χ0n) is 31.7. The summed E-state index contributed by atoms with van der Waals surface area (Å²) < 4.78 is 0. The maximum absolute atomic E-state index is 3.75. The number of hydrogen-bond acceptors (Lipinski definition) is 1. The van der Waals surface area contributed by atoms with Gasteiger partial charge >= 0.3 is 0 Å². The molecule has 0 aliphatic heterocycles. The van der Waals surface area contributed by atoms with Gasteiger partial charge in [-0.3, -0.25) is 0 Å². The normalized spacial score (nSPS) is 14.5. The highest BCUT2D eigenvalue weighted by Crippen LogP contribution is 2.60. The van der Waals surface area contributed by atoms with E-state index in [0.29, 0.717) is 0 Å². The topological polar surface area (TPSA) is 12.0 Å². The van der Waals surface area contributed by atoms with E-state index in [0.717, 1.165) is 11.4 Å². The Balaban J connectivity index is 1.09. The number of nitrogens with one attached hydrogen (secondary N) is 1. The quantitative estimate of drug-likeness (QED) is 0.180. The molecule has 0 spiro atoms. The summed E-state index contributed by atoms with van der Waals surface area (Å²) in [5.74, 6) is 0. The fraction of sp³-hybridized carbons (Fsp3) is 0.111. The average Bonchev–Trinajstić information content (AvgIpc) is 3.59. The summed E-state index contributed by atoms with van der Waals surface area (Å²) in [6, 6.07) is 63.0. The minimum atomic E-state index is -0.212. The van der Waals surface area contributed by atoms with E-state index in [9.17, 15) is 0 Å². The first-order chi connectivity index (χ1) is 26.8. The molecule has 0 saturated carbocycles. The van der Waals surface area contributed by atoms with Crippen LogP contribution in [0.5, 0.6) is 0 Å². The van der Waals surface area contributed by atoms with E-state index in [1.807, 2.05) is 0 Å². The highest BCUT2D eigenvalue weighted by atomic mass is 14.9. The molecule has 11 rings (SSSR count). The van der Waals surface area contributed by atoms with Crippen LogP contribution in [0.1, 0.15) is 49.9 Å². The van der Waals surface area contributed by atoms with Crippen molar-refractivity contribution in [3.63, 3.8) is 0 Å². The fourth-order valence-corrected chi connectivity index (χ4v) is 10.1. The molecule has 0 radical (unpaired) electrons. The first kappa shape index (κ1) is 32.0. The predicted molar refractivity (Wildman–Crippen MR) is 235 cm³/mol. The van der Waals surface area contributed by atoms with Crippen molar-refractivity contribution in [1.82, 2.24) is 0 Å². The molecular formula is C54H41N. The molecule has 0 atom stereocenters. The Morgan fingerprint density at radius 2 is 0.909 bits per heavy atom. The molecule has 0 heterocycles. The van der Waals surface area contributed by atoms with Crippen molar-refractivity contribution >= 4 is 43.7 Å². The van der Waals surface area contributed by atoms with Crippen LogP contribution >= 0.6 is 0 Å². The molecule has 9 aromatic rings. The lowest BCUT2D eigenvalue weighted by molar-refractivity contribution is 0.654. The van der Waals surface area contributed by atoms with Crippen molar-refractivity contribution in [3.8, 4) is 44.5 Å². The minimum Gasteiger partial charge on any atom is -0.356 e. The van der Waals surface area contributed by atoms with Gasteiger partial charge in [0.25, 0.3) is 0 Å². The van der Waals surface area contributed by atoms with Gasteiger partial charge in [0.1, 0.15) is 0 Å². The largest absolute Gasteiger partial charge is 0.356 e. The summed E-state index contributed by atoms with van der Waals surface area (Å²) in [4.78, 5) is 0. The van der Waals surface area contributed by atoms with Gasteiger partial charge in [0.05, 0.1) is 0 Å². The van der Waals surface area contributed by atoms with Crippen molar-refractivity contribution in [2.75, 3.05) is 5.32 Å². The number of benzene rings is 9. The predicted octanol–water partition coefficient (Wildman–Crippen LogP) is 14.8. The number of fused-ring (bicyclic) bond motifs is 13. The Labute approximate surface area is 322 Å². The second-order valence-corrected chi connectivity index (χ2v) is 16.6. The number of anilines is 2. The Morgan fingerprint density at radius 1 is 0.345 bits per heavy atom. The van der Waals surface area contributed by atoms with Gasteiger partial charge in [-0.1, -0.05) is 155 Å². The molecule has 2 aliphatic rings. The maximum atomic E-state index is 3.75. The molecule has 262 valence electrons. The van der Waals surface area contributed by atoms with Gasteiger partial charge < -0.3 is 5.32 Å². The molecule has 0 unspecified atom stereocenters. The van der Waals surface area contributed by atoms with Gasteiger partial charge in [0.15, 0.2) is 0 Å². The highest BCUT2D eigenvalue weighted by Gasteiger charge is 2.43. The van der Waals surface area contributed by atoms with Gasteiger partial charge in [-0.2, -0.15) is 0 Å². The standard InChI is InChI=1S/C54H41N/c1-53(2)47-29-37(55-36-21-15-20-35(28-36)33-16-7-5-8-17-33)26-27-39(47)44-31-49-45(32-48(44)53)51-42-25-14-13-24-41(42)50-40-23-12-11-22-38(40)43(34-18-9-6-10-19-34)30-46(50)52(51)54(49,3)4/h5-32,55H,1-4H3. The summed E-state index contributed by atoms with van der Waals surface area (Å²) >= 11 is 0. The molecule has 9 aromatic carbocycles. The van der Waals surface area contributed by atoms with Crippen LogP contribution in [0.4, 0.5) is 11.4 Å². The van der Waals surface area contributed by atoms with Gasteiger partial charge in [-0.25, -0.2) is 0 Å². The van der Waals surface area contributed by atoms with E-state index in [2.05, 4.69) is 203 Å². The Bertz CT molecular complexity index is 3040. The van der Waals surface area contributed by atoms with Crippen molar-refractivity contribution < 1.29 is 0 Å². The fourth-order valence-electron chi connectivity index (χ4n) is 10.1. The van der Waals surface area contributed by atoms with Crippen LogP contribution in [0.3, 0.4) is 0 Å². The summed E-state index contributed by atoms with van der Waals surface area (Å²) in [7, 11) is 0. The van der Waals surface area contributed by atoms with Crippen molar-refractivity contribution in [2.45, 2.75) is 38.5 Å². The van der Waals surface area contributed by atoms with Crippen LogP contribution < -0.4 is 5.32 Å². The van der Waals surface area contributed by atoms with E-state index in [4.69, 9.17) is 0 Å². The lowest BCUT2D eigenvalue weighted by atomic mass is 9.77. The zero-order chi connectivity index (χ0) is 37.1. The second-order valence-electron chi connectivity index (χ2n) is 16.6. The van der Waals surface area contributed by atoms with Crippen LogP contribution in [0.25, 0.3) is 76.8 Å². The Kier molecular flexibility index (Phi) is 6.72. The summed E-state index contributed by atoms with van der Waals surface area (Å²) in [5.41, 5.74) is 17.9. The summed E-state index contributed by atoms with van der Waals surface area (Å²) in [6.07, 6.45) is 0. The SMILES string of the molecule is CC1(C)c2cc(Nc3cccc(-c4ccccc4)c3)ccc2-c2cc3c(cc21)-c1c(c2cc(-c4ccccc4)c4ccccc4c2c2ccccc12)C3(C)C. The van der Waals surface area contributed by atoms with Crippen LogP contribution in [-0.4, -0.2) is 0 Å². The third-order valence-corrected chi connectivity index (χ3v) is 12.8. The van der Waals surface area contributed by atoms with Crippen molar-refractivity contribution in [3.05, 3.63) is 192 Å². The molecule has 1 nitrogen and oxygen atoms in total. The summed E-state index contributed by atoms with van der Waals surface area (Å²) in [6.45, 7) is 9.71. The Hall–Kier alpha value is -6.44. The molecule has 55 heavy (non-hydrogen) atoms. The first-order valence-corrected chi connectivity index (χ1v) is 19.5. The number of rotatable bonds is 4. The molecule has 2 aliphatic carbocycles. The van der Waals surface area contributed by atoms with E-state index in [-0.39, 0.29) is 10.8 Å². The molecular weight excluding hydrogens is 663 g/mol. The third-order valence-electron chi connectivity index (χ3n) is 12.8. The summed E-state index contributed by atoms with van der Waals surface area (Å²) in [5, 5.41) is 11.7. The Morgan fingerprint density at radius 3 is 1.65 bits per heavy atom. The smallest absolute Gasteiger partial charge is 0.0390 e. The lowest BCUT2D eigenvalue weighted by Gasteiger charge is -2.26. The van der Waals surface area contributed by atoms with Gasteiger partial charge in [0, 0.05) is 22.2 Å². The molecule has 0 saturated heterocycles. The van der Waals surface area contributed by atoms with Gasteiger partial charge in [-0.15, -0.1) is 0 Å². The van der Waals surface area contributed by atoms with Crippen LogP contribution in [0.2, 0.25) is 0 Å². The molecule has 1 heteroatoms. The van der Waals surface area contributed by atoms with Crippen LogP contribution in [0, 0.1) is 0 Å². The molecule has 0 fully saturated rings. The van der Waals surface area contributed by atoms with Crippen LogP contribution in [-0.2, 0) is 10.8 Å². The molecule has 0 bridgehead atoms. The molecule has 0 amide bonds.